The van der Waals surface area contributed by atoms with Crippen LogP contribution in [0.1, 0.15) is 6.92 Å². The lowest BCUT2D eigenvalue weighted by molar-refractivity contribution is 0.401. The van der Waals surface area contributed by atoms with Crippen molar-refractivity contribution in [3.05, 3.63) is 11.5 Å². The first-order valence-electron chi connectivity index (χ1n) is 1.74. The van der Waals surface area contributed by atoms with Gasteiger partial charge in [0, 0.05) is 0 Å². The van der Waals surface area contributed by atoms with Crippen LogP contribution in [-0.4, -0.2) is 5.11 Å². The van der Waals surface area contributed by atoms with Gasteiger partial charge in [0.25, 0.3) is 0 Å². The summed E-state index contributed by atoms with van der Waals surface area (Å²) in [6, 6.07) is 1.67. The molecule has 38 valence electrons. The minimum atomic E-state index is -0.400. The molecule has 0 aromatic heterocycles. The highest BCUT2D eigenvalue weighted by molar-refractivity contribution is 5.18. The maximum absolute atomic E-state index is 8.26. The Hall–Kier alpha value is -1.17. The van der Waals surface area contributed by atoms with Crippen molar-refractivity contribution in [1.82, 2.24) is 0 Å². The fourth-order valence-corrected chi connectivity index (χ4v) is 0.0573. The minimum absolute atomic E-state index is 0.153. The van der Waals surface area contributed by atoms with Gasteiger partial charge in [-0.1, -0.05) is 0 Å². The second kappa shape index (κ2) is 2.08. The molecule has 0 spiro atoms. The topological polar surface area (TPSA) is 70.0 Å². The summed E-state index contributed by atoms with van der Waals surface area (Å²) in [6.45, 7) is 1.44. The van der Waals surface area contributed by atoms with E-state index in [1.807, 2.05) is 0 Å². The smallest absolute Gasteiger partial charge is 0.195 e. The van der Waals surface area contributed by atoms with Gasteiger partial charge >= 0.3 is 0 Å². The van der Waals surface area contributed by atoms with Crippen LogP contribution in [0.2, 0.25) is 0 Å². The summed E-state index contributed by atoms with van der Waals surface area (Å²) in [5, 5.41) is 16.2. The number of nitriles is 1. The van der Waals surface area contributed by atoms with Crippen LogP contribution in [0, 0.1) is 11.3 Å². The van der Waals surface area contributed by atoms with Crippen molar-refractivity contribution >= 4 is 0 Å². The molecular formula is C4H6N2O. The number of nitrogens with zero attached hydrogens (tertiary/aromatic N) is 1. The summed E-state index contributed by atoms with van der Waals surface area (Å²) in [4.78, 5) is 0. The molecule has 0 atom stereocenters. The van der Waals surface area contributed by atoms with Crippen molar-refractivity contribution < 1.29 is 5.11 Å². The van der Waals surface area contributed by atoms with E-state index in [2.05, 4.69) is 0 Å². The Morgan fingerprint density at radius 2 is 2.29 bits per heavy atom. The fraction of sp³-hybridized carbons (Fsp3) is 0.250. The first kappa shape index (κ1) is 5.83. The van der Waals surface area contributed by atoms with Crippen molar-refractivity contribution in [1.29, 1.82) is 5.26 Å². The molecule has 0 aromatic rings. The Bertz CT molecular complexity index is 127. The lowest BCUT2D eigenvalue weighted by atomic mass is 10.4. The van der Waals surface area contributed by atoms with Gasteiger partial charge in [-0.2, -0.15) is 5.26 Å². The first-order chi connectivity index (χ1) is 3.18. The molecule has 0 saturated heterocycles. The minimum Gasteiger partial charge on any atom is -0.494 e. The van der Waals surface area contributed by atoms with Gasteiger partial charge in [0.2, 0.25) is 0 Å². The quantitative estimate of drug-likeness (QED) is 0.337. The van der Waals surface area contributed by atoms with Gasteiger partial charge in [-0.05, 0) is 6.92 Å². The number of allylic oxidation sites excluding steroid dienone is 1. The fourth-order valence-electron chi connectivity index (χ4n) is 0.0573. The molecule has 0 aliphatic carbocycles. The Morgan fingerprint density at radius 1 is 1.86 bits per heavy atom. The zero-order chi connectivity index (χ0) is 5.86. The normalized spacial score (nSPS) is 12.0. The van der Waals surface area contributed by atoms with Crippen LogP contribution >= 0.6 is 0 Å². The second-order valence-electron chi connectivity index (χ2n) is 1.12. The third-order valence-corrected chi connectivity index (χ3v) is 0.552. The summed E-state index contributed by atoms with van der Waals surface area (Å²) in [7, 11) is 0. The van der Waals surface area contributed by atoms with Crippen molar-refractivity contribution in [2.45, 2.75) is 6.92 Å². The van der Waals surface area contributed by atoms with Crippen LogP contribution in [-0.2, 0) is 0 Å². The molecular weight excluding hydrogens is 92.1 g/mol. The predicted molar refractivity (Wildman–Crippen MR) is 25.1 cm³/mol. The van der Waals surface area contributed by atoms with Crippen LogP contribution in [0.25, 0.3) is 0 Å². The summed E-state index contributed by atoms with van der Waals surface area (Å²) in [6.07, 6.45) is 0. The Kier molecular flexibility index (Phi) is 1.74. The lowest BCUT2D eigenvalue weighted by Crippen LogP contribution is -1.96. The summed E-state index contributed by atoms with van der Waals surface area (Å²) < 4.78 is 0. The van der Waals surface area contributed by atoms with Gasteiger partial charge in [-0.25, -0.2) is 0 Å². The molecule has 0 radical (unpaired) electrons. The molecule has 0 bridgehead atoms. The van der Waals surface area contributed by atoms with Crippen LogP contribution in [0.15, 0.2) is 11.5 Å². The highest BCUT2D eigenvalue weighted by Crippen LogP contribution is 1.88. The number of aliphatic hydroxyl groups is 1. The average molecular weight is 98.1 g/mol. The van der Waals surface area contributed by atoms with Crippen LogP contribution in [0.4, 0.5) is 0 Å². The number of rotatable bonds is 0. The maximum Gasteiger partial charge on any atom is 0.195 e. The van der Waals surface area contributed by atoms with Crippen LogP contribution in [0.5, 0.6) is 0 Å². The zero-order valence-electron chi connectivity index (χ0n) is 3.97. The van der Waals surface area contributed by atoms with Gasteiger partial charge in [-0.3, -0.25) is 0 Å². The molecule has 0 heterocycles. The van der Waals surface area contributed by atoms with E-state index >= 15 is 0 Å². The highest BCUT2D eigenvalue weighted by Gasteiger charge is 1.87. The largest absolute Gasteiger partial charge is 0.494 e. The first-order valence-corrected chi connectivity index (χ1v) is 1.74. The molecule has 0 unspecified atom stereocenters. The molecule has 0 saturated carbocycles. The Labute approximate surface area is 41.7 Å². The zero-order valence-corrected chi connectivity index (χ0v) is 3.97. The number of nitrogens with two attached hydrogens (primary N) is 1. The molecule has 3 N–H and O–H groups in total. The molecule has 7 heavy (non-hydrogen) atoms. The lowest BCUT2D eigenvalue weighted by Gasteiger charge is -1.84. The van der Waals surface area contributed by atoms with E-state index in [1.165, 1.54) is 6.92 Å². The van der Waals surface area contributed by atoms with Crippen molar-refractivity contribution in [2.24, 2.45) is 5.73 Å². The van der Waals surface area contributed by atoms with Gasteiger partial charge in [-0.15, -0.1) is 0 Å². The van der Waals surface area contributed by atoms with E-state index in [0.29, 0.717) is 0 Å². The molecule has 0 aliphatic rings. The van der Waals surface area contributed by atoms with E-state index in [-0.39, 0.29) is 5.57 Å². The monoisotopic (exact) mass is 98.0 g/mol. The van der Waals surface area contributed by atoms with Gasteiger partial charge in [0.1, 0.15) is 0 Å². The van der Waals surface area contributed by atoms with Gasteiger partial charge in [0.05, 0.1) is 11.6 Å². The Balaban J connectivity index is 4.07. The SMILES string of the molecule is C/C(C#N)=C(/N)O. The van der Waals surface area contributed by atoms with E-state index in [9.17, 15) is 0 Å². The summed E-state index contributed by atoms with van der Waals surface area (Å²) in [5.41, 5.74) is 4.91. The molecule has 0 aliphatic heterocycles. The van der Waals surface area contributed by atoms with Crippen molar-refractivity contribution in [2.75, 3.05) is 0 Å². The summed E-state index contributed by atoms with van der Waals surface area (Å²) >= 11 is 0. The molecule has 0 rings (SSSR count). The van der Waals surface area contributed by atoms with E-state index in [1.54, 1.807) is 6.07 Å². The third-order valence-electron chi connectivity index (χ3n) is 0.552. The van der Waals surface area contributed by atoms with E-state index < -0.39 is 5.88 Å². The highest BCUT2D eigenvalue weighted by atomic mass is 16.3. The van der Waals surface area contributed by atoms with Crippen LogP contribution in [0.3, 0.4) is 0 Å². The van der Waals surface area contributed by atoms with Crippen LogP contribution < -0.4 is 5.73 Å². The molecule has 0 fully saturated rings. The number of aliphatic hydroxyl groups excluding tert-OH is 1. The van der Waals surface area contributed by atoms with Gasteiger partial charge in [0.15, 0.2) is 5.88 Å². The second-order valence-corrected chi connectivity index (χ2v) is 1.12. The number of hydrogen-bond donors (Lipinski definition) is 2. The molecule has 0 amide bonds. The van der Waals surface area contributed by atoms with E-state index in [4.69, 9.17) is 16.1 Å². The third kappa shape index (κ3) is 1.66. The van der Waals surface area contributed by atoms with Gasteiger partial charge < -0.3 is 10.8 Å². The molecule has 3 nitrogen and oxygen atoms in total. The van der Waals surface area contributed by atoms with Crippen molar-refractivity contribution in [3.8, 4) is 6.07 Å². The average Bonchev–Trinajstić information content (AvgIpc) is 1.65. The number of hydrogen-bond acceptors (Lipinski definition) is 3. The Morgan fingerprint density at radius 3 is 2.29 bits per heavy atom. The molecule has 3 heteroatoms. The summed E-state index contributed by atoms with van der Waals surface area (Å²) in [5.74, 6) is -0.400. The molecule has 0 aromatic carbocycles. The predicted octanol–water partition coefficient (Wildman–Crippen LogP) is 0.258. The van der Waals surface area contributed by atoms with E-state index in [0.717, 1.165) is 0 Å². The van der Waals surface area contributed by atoms with Crippen molar-refractivity contribution in [3.63, 3.8) is 0 Å². The maximum atomic E-state index is 8.26. The standard InChI is InChI=1S/C4H6N2O/c1-3(2-5)4(6)7/h7H,6H2,1H3/b4-3+.